The van der Waals surface area contributed by atoms with E-state index in [4.69, 9.17) is 0 Å². The summed E-state index contributed by atoms with van der Waals surface area (Å²) in [7, 11) is 2.06. The van der Waals surface area contributed by atoms with Crippen LogP contribution in [0, 0.1) is 5.92 Å². The number of aromatic nitrogens is 1. The lowest BCUT2D eigenvalue weighted by Crippen LogP contribution is -2.37. The summed E-state index contributed by atoms with van der Waals surface area (Å²) in [5.74, 6) is 1.77. The lowest BCUT2D eigenvalue weighted by molar-refractivity contribution is 0.0724. The zero-order valence-electron chi connectivity index (χ0n) is 12.9. The molecule has 114 valence electrons. The number of rotatable bonds is 4. The maximum Gasteiger partial charge on any atom is 0.257 e. The molecular weight excluding hydrogens is 262 g/mol. The second-order valence-corrected chi connectivity index (χ2v) is 6.40. The highest BCUT2D eigenvalue weighted by molar-refractivity contribution is 5.98. The minimum absolute atomic E-state index is 0.151. The molecule has 1 aromatic rings. The Morgan fingerprint density at radius 3 is 2.71 bits per heavy atom. The largest absolute Gasteiger partial charge is 0.359 e. The fourth-order valence-corrected chi connectivity index (χ4v) is 3.28. The van der Waals surface area contributed by atoms with Crippen molar-refractivity contribution in [3.63, 3.8) is 0 Å². The zero-order valence-corrected chi connectivity index (χ0v) is 12.9. The van der Waals surface area contributed by atoms with Gasteiger partial charge in [-0.05, 0) is 50.2 Å². The first-order valence-electron chi connectivity index (χ1n) is 8.21. The summed E-state index contributed by atoms with van der Waals surface area (Å²) in [6.45, 7) is 2.79. The third-order valence-electron chi connectivity index (χ3n) is 4.78. The van der Waals surface area contributed by atoms with Crippen LogP contribution in [0.3, 0.4) is 0 Å². The number of nitrogens with zero attached hydrogens (tertiary/aromatic N) is 3. The van der Waals surface area contributed by atoms with Gasteiger partial charge in [-0.1, -0.05) is 6.42 Å². The van der Waals surface area contributed by atoms with Crippen molar-refractivity contribution in [1.29, 1.82) is 0 Å². The molecule has 1 saturated carbocycles. The lowest BCUT2D eigenvalue weighted by atomic mass is 9.85. The molecule has 1 amide bonds. The Bertz CT molecular complexity index is 493. The molecule has 2 aliphatic rings. The van der Waals surface area contributed by atoms with E-state index in [0.29, 0.717) is 0 Å². The highest BCUT2D eigenvalue weighted by Gasteiger charge is 2.25. The van der Waals surface area contributed by atoms with Crippen LogP contribution in [0.1, 0.15) is 48.9 Å². The number of carbonyl (C=O) groups excluding carboxylic acids is 1. The van der Waals surface area contributed by atoms with Gasteiger partial charge in [0.2, 0.25) is 0 Å². The van der Waals surface area contributed by atoms with E-state index in [1.807, 2.05) is 17.0 Å². The predicted molar refractivity (Wildman–Crippen MR) is 84.6 cm³/mol. The average molecular weight is 287 g/mol. The molecule has 0 atom stereocenters. The number of anilines is 1. The van der Waals surface area contributed by atoms with E-state index in [1.165, 1.54) is 25.7 Å². The molecule has 0 bridgehead atoms. The highest BCUT2D eigenvalue weighted by atomic mass is 16.2. The van der Waals surface area contributed by atoms with Gasteiger partial charge in [0.25, 0.3) is 5.91 Å². The molecular formula is C17H25N3O. The van der Waals surface area contributed by atoms with Gasteiger partial charge in [-0.2, -0.15) is 0 Å². The molecule has 0 unspecified atom stereocenters. The van der Waals surface area contributed by atoms with E-state index >= 15 is 0 Å². The Balaban J connectivity index is 1.75. The smallest absolute Gasteiger partial charge is 0.257 e. The minimum atomic E-state index is 0.151. The predicted octanol–water partition coefficient (Wildman–Crippen LogP) is 2.94. The van der Waals surface area contributed by atoms with Crippen LogP contribution in [-0.2, 0) is 0 Å². The standard InChI is InChI=1S/C17H25N3O/c1-19(13-14-7-5-8-14)16-15(9-6-10-18-16)17(21)20-11-3-2-4-12-20/h6,9-10,14H,2-5,7-8,11-13H2,1H3. The van der Waals surface area contributed by atoms with Crippen molar-refractivity contribution in [2.45, 2.75) is 38.5 Å². The maximum atomic E-state index is 12.8. The molecule has 21 heavy (non-hydrogen) atoms. The fourth-order valence-electron chi connectivity index (χ4n) is 3.28. The van der Waals surface area contributed by atoms with Crippen molar-refractivity contribution in [2.24, 2.45) is 5.92 Å². The highest BCUT2D eigenvalue weighted by Crippen LogP contribution is 2.29. The number of amides is 1. The molecule has 2 fully saturated rings. The molecule has 1 aliphatic heterocycles. The first-order chi connectivity index (χ1) is 10.3. The van der Waals surface area contributed by atoms with Gasteiger partial charge in [0.1, 0.15) is 5.82 Å². The van der Waals surface area contributed by atoms with E-state index in [0.717, 1.165) is 49.8 Å². The van der Waals surface area contributed by atoms with Crippen molar-refractivity contribution >= 4 is 11.7 Å². The van der Waals surface area contributed by atoms with Crippen molar-refractivity contribution in [1.82, 2.24) is 9.88 Å². The minimum Gasteiger partial charge on any atom is -0.359 e. The van der Waals surface area contributed by atoms with Gasteiger partial charge in [0, 0.05) is 32.9 Å². The summed E-state index contributed by atoms with van der Waals surface area (Å²) in [4.78, 5) is 21.4. The average Bonchev–Trinajstić information content (AvgIpc) is 2.51. The van der Waals surface area contributed by atoms with Crippen LogP contribution in [0.4, 0.5) is 5.82 Å². The molecule has 3 rings (SSSR count). The van der Waals surface area contributed by atoms with Crippen molar-refractivity contribution in [3.05, 3.63) is 23.9 Å². The monoisotopic (exact) mass is 287 g/mol. The number of hydrogen-bond acceptors (Lipinski definition) is 3. The molecule has 0 spiro atoms. The number of piperidine rings is 1. The van der Waals surface area contributed by atoms with Crippen LogP contribution in [0.25, 0.3) is 0 Å². The maximum absolute atomic E-state index is 12.8. The van der Waals surface area contributed by atoms with Crippen molar-refractivity contribution in [3.8, 4) is 0 Å². The Hall–Kier alpha value is -1.58. The van der Waals surface area contributed by atoms with Crippen LogP contribution in [-0.4, -0.2) is 42.5 Å². The normalized spacial score (nSPS) is 19.2. The molecule has 0 N–H and O–H groups in total. The van der Waals surface area contributed by atoms with Crippen LogP contribution in [0.15, 0.2) is 18.3 Å². The van der Waals surface area contributed by atoms with Gasteiger partial charge in [0.15, 0.2) is 0 Å². The van der Waals surface area contributed by atoms with Crippen LogP contribution >= 0.6 is 0 Å². The fraction of sp³-hybridized carbons (Fsp3) is 0.647. The Morgan fingerprint density at radius 1 is 1.29 bits per heavy atom. The van der Waals surface area contributed by atoms with Gasteiger partial charge >= 0.3 is 0 Å². The first-order valence-corrected chi connectivity index (χ1v) is 8.21. The van der Waals surface area contributed by atoms with Gasteiger partial charge in [0.05, 0.1) is 5.56 Å². The zero-order chi connectivity index (χ0) is 14.7. The topological polar surface area (TPSA) is 36.4 Å². The van der Waals surface area contributed by atoms with E-state index in [9.17, 15) is 4.79 Å². The molecule has 1 saturated heterocycles. The van der Waals surface area contributed by atoms with Crippen LogP contribution in [0.5, 0.6) is 0 Å². The number of carbonyl (C=O) groups is 1. The number of likely N-dealkylation sites (tertiary alicyclic amines) is 1. The van der Waals surface area contributed by atoms with Gasteiger partial charge in [-0.15, -0.1) is 0 Å². The molecule has 1 aliphatic carbocycles. The van der Waals surface area contributed by atoms with E-state index < -0.39 is 0 Å². The molecule has 0 radical (unpaired) electrons. The summed E-state index contributed by atoms with van der Waals surface area (Å²) in [6.07, 6.45) is 9.25. The summed E-state index contributed by atoms with van der Waals surface area (Å²) in [5, 5.41) is 0. The number of hydrogen-bond donors (Lipinski definition) is 0. The third-order valence-corrected chi connectivity index (χ3v) is 4.78. The summed E-state index contributed by atoms with van der Waals surface area (Å²) in [5.41, 5.74) is 0.765. The second kappa shape index (κ2) is 6.46. The molecule has 2 heterocycles. The quantitative estimate of drug-likeness (QED) is 0.854. The SMILES string of the molecule is CN(CC1CCC1)c1ncccc1C(=O)N1CCCCC1. The molecule has 4 nitrogen and oxygen atoms in total. The van der Waals surface area contributed by atoms with Gasteiger partial charge in [-0.25, -0.2) is 4.98 Å². The lowest BCUT2D eigenvalue weighted by Gasteiger charge is -2.32. The van der Waals surface area contributed by atoms with E-state index in [2.05, 4.69) is 16.9 Å². The number of pyridine rings is 1. The summed E-state index contributed by atoms with van der Waals surface area (Å²) >= 11 is 0. The van der Waals surface area contributed by atoms with Gasteiger partial charge in [-0.3, -0.25) is 4.79 Å². The summed E-state index contributed by atoms with van der Waals surface area (Å²) in [6, 6.07) is 3.80. The third kappa shape index (κ3) is 3.20. The van der Waals surface area contributed by atoms with Crippen LogP contribution in [0.2, 0.25) is 0 Å². The molecule has 4 heteroatoms. The summed E-state index contributed by atoms with van der Waals surface area (Å²) < 4.78 is 0. The van der Waals surface area contributed by atoms with E-state index in [1.54, 1.807) is 6.20 Å². The van der Waals surface area contributed by atoms with Crippen molar-refractivity contribution < 1.29 is 4.79 Å². The first kappa shape index (κ1) is 14.4. The molecule has 0 aromatic carbocycles. The Morgan fingerprint density at radius 2 is 2.05 bits per heavy atom. The van der Waals surface area contributed by atoms with Crippen LogP contribution < -0.4 is 4.90 Å². The van der Waals surface area contributed by atoms with E-state index in [-0.39, 0.29) is 5.91 Å². The van der Waals surface area contributed by atoms with Gasteiger partial charge < -0.3 is 9.80 Å². The Labute approximate surface area is 127 Å². The Kier molecular flexibility index (Phi) is 4.42. The molecule has 1 aromatic heterocycles. The second-order valence-electron chi connectivity index (χ2n) is 6.40. The van der Waals surface area contributed by atoms with Crippen molar-refractivity contribution in [2.75, 3.05) is 31.6 Å².